The van der Waals surface area contributed by atoms with Crippen molar-refractivity contribution in [2.24, 2.45) is 0 Å². The number of hydrogen-bond acceptors (Lipinski definition) is 4. The zero-order valence-electron chi connectivity index (χ0n) is 15.2. The first kappa shape index (κ1) is 19.6. The van der Waals surface area contributed by atoms with E-state index in [0.717, 1.165) is 6.26 Å². The normalized spacial score (nSPS) is 15.9. The van der Waals surface area contributed by atoms with Gasteiger partial charge in [0.15, 0.2) is 0 Å². The Labute approximate surface area is 158 Å². The van der Waals surface area contributed by atoms with Crippen LogP contribution >= 0.6 is 0 Å². The average Bonchev–Trinajstić information content (AvgIpc) is 3.08. The summed E-state index contributed by atoms with van der Waals surface area (Å²) in [5, 5.41) is 0. The second-order valence-corrected chi connectivity index (χ2v) is 8.57. The lowest BCUT2D eigenvalue weighted by atomic mass is 10.1. The molecular formula is C19H23FN2O4S. The Kier molecular flexibility index (Phi) is 5.96. The topological polar surface area (TPSA) is 79.6 Å². The second kappa shape index (κ2) is 8.22. The molecule has 0 bridgehead atoms. The molecule has 0 saturated carbocycles. The monoisotopic (exact) mass is 394 g/mol. The molecule has 1 aromatic heterocycles. The van der Waals surface area contributed by atoms with E-state index in [1.54, 1.807) is 35.2 Å². The number of likely N-dealkylation sites (tertiary alicyclic amines) is 1. The van der Waals surface area contributed by atoms with Gasteiger partial charge in [0, 0.05) is 32.0 Å². The van der Waals surface area contributed by atoms with Crippen molar-refractivity contribution < 1.29 is 22.0 Å². The number of amides is 1. The Bertz CT molecular complexity index is 902. The third-order valence-corrected chi connectivity index (χ3v) is 5.38. The zero-order chi connectivity index (χ0) is 19.4. The summed E-state index contributed by atoms with van der Waals surface area (Å²) in [6.45, 7) is 1.06. The highest BCUT2D eigenvalue weighted by Gasteiger charge is 2.24. The van der Waals surface area contributed by atoms with Gasteiger partial charge in [-0.1, -0.05) is 12.1 Å². The van der Waals surface area contributed by atoms with E-state index < -0.39 is 10.0 Å². The minimum Gasteiger partial charge on any atom is -0.461 e. The Morgan fingerprint density at radius 2 is 1.93 bits per heavy atom. The third-order valence-electron chi connectivity index (χ3n) is 4.61. The van der Waals surface area contributed by atoms with Crippen molar-refractivity contribution in [1.82, 2.24) is 9.62 Å². The third kappa shape index (κ3) is 5.40. The van der Waals surface area contributed by atoms with E-state index in [9.17, 15) is 17.6 Å². The lowest BCUT2D eigenvalue weighted by Crippen LogP contribution is -2.46. The van der Waals surface area contributed by atoms with Crippen LogP contribution in [-0.2, 0) is 21.2 Å². The number of sulfonamides is 1. The SMILES string of the molecule is CS(=O)(=O)NC1CCN(C(=O)CCc2ccc(-c3ccccc3F)o2)CC1. The van der Waals surface area contributed by atoms with Gasteiger partial charge in [-0.25, -0.2) is 17.5 Å². The molecule has 0 atom stereocenters. The number of aryl methyl sites for hydroxylation is 1. The van der Waals surface area contributed by atoms with Crippen molar-refractivity contribution in [2.45, 2.75) is 31.7 Å². The molecule has 0 aliphatic carbocycles. The fourth-order valence-electron chi connectivity index (χ4n) is 3.26. The number of halogens is 1. The lowest BCUT2D eigenvalue weighted by Gasteiger charge is -2.32. The van der Waals surface area contributed by atoms with Crippen molar-refractivity contribution >= 4 is 15.9 Å². The van der Waals surface area contributed by atoms with E-state index in [-0.39, 0.29) is 17.8 Å². The highest BCUT2D eigenvalue weighted by Crippen LogP contribution is 2.25. The predicted octanol–water partition coefficient (Wildman–Crippen LogP) is 2.56. The molecule has 1 aliphatic heterocycles. The molecule has 0 spiro atoms. The number of nitrogens with one attached hydrogen (secondary N) is 1. The standard InChI is InChI=1S/C19H23FN2O4S/c1-27(24,25)21-14-10-12-22(13-11-14)19(23)9-7-15-6-8-18(26-15)16-4-2-3-5-17(16)20/h2-6,8,14,21H,7,9-13H2,1H3. The highest BCUT2D eigenvalue weighted by atomic mass is 32.2. The van der Waals surface area contributed by atoms with Crippen LogP contribution in [0.5, 0.6) is 0 Å². The molecule has 146 valence electrons. The van der Waals surface area contributed by atoms with E-state index in [0.29, 0.717) is 55.9 Å². The molecule has 1 aliphatic rings. The Balaban J connectivity index is 1.50. The highest BCUT2D eigenvalue weighted by molar-refractivity contribution is 7.88. The fraction of sp³-hybridized carbons (Fsp3) is 0.421. The lowest BCUT2D eigenvalue weighted by molar-refractivity contribution is -0.132. The van der Waals surface area contributed by atoms with Crippen LogP contribution in [0.3, 0.4) is 0 Å². The van der Waals surface area contributed by atoms with Crippen LogP contribution in [0, 0.1) is 5.82 Å². The van der Waals surface area contributed by atoms with E-state index in [2.05, 4.69) is 4.72 Å². The second-order valence-electron chi connectivity index (χ2n) is 6.79. The van der Waals surface area contributed by atoms with Gasteiger partial charge in [-0.15, -0.1) is 0 Å². The van der Waals surface area contributed by atoms with Gasteiger partial charge in [0.2, 0.25) is 15.9 Å². The van der Waals surface area contributed by atoms with E-state index >= 15 is 0 Å². The van der Waals surface area contributed by atoms with Gasteiger partial charge in [-0.2, -0.15) is 0 Å². The van der Waals surface area contributed by atoms with Gasteiger partial charge in [-0.05, 0) is 37.1 Å². The first-order chi connectivity index (χ1) is 12.8. The van der Waals surface area contributed by atoms with E-state index in [1.165, 1.54) is 6.07 Å². The van der Waals surface area contributed by atoms with Gasteiger partial charge in [0.1, 0.15) is 17.3 Å². The molecule has 27 heavy (non-hydrogen) atoms. The Morgan fingerprint density at radius 3 is 2.59 bits per heavy atom. The maximum atomic E-state index is 13.8. The molecule has 3 rings (SSSR count). The largest absolute Gasteiger partial charge is 0.461 e. The number of benzene rings is 1. The number of hydrogen-bond donors (Lipinski definition) is 1. The summed E-state index contributed by atoms with van der Waals surface area (Å²) in [7, 11) is -3.22. The molecule has 0 unspecified atom stereocenters. The van der Waals surface area contributed by atoms with Crippen LogP contribution in [0.25, 0.3) is 11.3 Å². The van der Waals surface area contributed by atoms with E-state index in [4.69, 9.17) is 4.42 Å². The number of carbonyl (C=O) groups excluding carboxylic acids is 1. The first-order valence-electron chi connectivity index (χ1n) is 8.90. The summed E-state index contributed by atoms with van der Waals surface area (Å²) in [5.74, 6) is 0.746. The Morgan fingerprint density at radius 1 is 1.22 bits per heavy atom. The quantitative estimate of drug-likeness (QED) is 0.817. The van der Waals surface area contributed by atoms with Crippen LogP contribution in [0.2, 0.25) is 0 Å². The summed E-state index contributed by atoms with van der Waals surface area (Å²) < 4.78 is 44.6. The summed E-state index contributed by atoms with van der Waals surface area (Å²) in [5.41, 5.74) is 0.399. The smallest absolute Gasteiger partial charge is 0.223 e. The van der Waals surface area contributed by atoms with Crippen LogP contribution in [-0.4, -0.2) is 44.6 Å². The molecule has 0 radical (unpaired) electrons. The van der Waals surface area contributed by atoms with Crippen molar-refractivity contribution in [3.05, 3.63) is 48.0 Å². The Hall–Kier alpha value is -2.19. The van der Waals surface area contributed by atoms with Gasteiger partial charge >= 0.3 is 0 Å². The summed E-state index contributed by atoms with van der Waals surface area (Å²) in [6, 6.07) is 9.75. The molecule has 2 aromatic rings. The number of piperidine rings is 1. The molecule has 1 saturated heterocycles. The maximum absolute atomic E-state index is 13.8. The predicted molar refractivity (Wildman–Crippen MR) is 100 cm³/mol. The number of nitrogens with zero attached hydrogens (tertiary/aromatic N) is 1. The molecule has 1 N–H and O–H groups in total. The first-order valence-corrected chi connectivity index (χ1v) is 10.8. The minimum absolute atomic E-state index is 0.0108. The van der Waals surface area contributed by atoms with Gasteiger partial charge in [-0.3, -0.25) is 4.79 Å². The summed E-state index contributed by atoms with van der Waals surface area (Å²) in [6.07, 6.45) is 3.10. The van der Waals surface area contributed by atoms with Gasteiger partial charge in [0.25, 0.3) is 0 Å². The molecular weight excluding hydrogens is 371 g/mol. The van der Waals surface area contributed by atoms with Crippen LogP contribution in [0.15, 0.2) is 40.8 Å². The van der Waals surface area contributed by atoms with Crippen molar-refractivity contribution in [2.75, 3.05) is 19.3 Å². The molecule has 2 heterocycles. The number of carbonyl (C=O) groups is 1. The van der Waals surface area contributed by atoms with Gasteiger partial charge in [0.05, 0.1) is 11.8 Å². The van der Waals surface area contributed by atoms with Gasteiger partial charge < -0.3 is 9.32 Å². The van der Waals surface area contributed by atoms with Crippen molar-refractivity contribution in [3.8, 4) is 11.3 Å². The number of furan rings is 1. The average molecular weight is 394 g/mol. The van der Waals surface area contributed by atoms with Crippen LogP contribution in [0.1, 0.15) is 25.0 Å². The van der Waals surface area contributed by atoms with Crippen LogP contribution < -0.4 is 4.72 Å². The zero-order valence-corrected chi connectivity index (χ0v) is 16.0. The van der Waals surface area contributed by atoms with Crippen LogP contribution in [0.4, 0.5) is 4.39 Å². The molecule has 8 heteroatoms. The fourth-order valence-corrected chi connectivity index (χ4v) is 4.10. The minimum atomic E-state index is -3.22. The van der Waals surface area contributed by atoms with E-state index in [1.807, 2.05) is 0 Å². The molecule has 1 amide bonds. The maximum Gasteiger partial charge on any atom is 0.223 e. The summed E-state index contributed by atoms with van der Waals surface area (Å²) in [4.78, 5) is 14.1. The summed E-state index contributed by atoms with van der Waals surface area (Å²) >= 11 is 0. The van der Waals surface area contributed by atoms with Crippen molar-refractivity contribution in [1.29, 1.82) is 0 Å². The molecule has 6 nitrogen and oxygen atoms in total. The van der Waals surface area contributed by atoms with Crippen molar-refractivity contribution in [3.63, 3.8) is 0 Å². The number of rotatable bonds is 6. The molecule has 1 aromatic carbocycles. The molecule has 1 fully saturated rings.